The Hall–Kier alpha value is -1.89. The summed E-state index contributed by atoms with van der Waals surface area (Å²) in [5.41, 5.74) is 1.31. The number of ether oxygens (including phenoxy) is 1. The van der Waals surface area contributed by atoms with Gasteiger partial charge in [-0.3, -0.25) is 4.79 Å². The first-order chi connectivity index (χ1) is 12.0. The van der Waals surface area contributed by atoms with E-state index in [0.29, 0.717) is 23.1 Å². The molecule has 1 N–H and O–H groups in total. The summed E-state index contributed by atoms with van der Waals surface area (Å²) in [4.78, 5) is 22.2. The van der Waals surface area contributed by atoms with Crippen LogP contribution in [0.15, 0.2) is 42.5 Å². The predicted octanol–water partition coefficient (Wildman–Crippen LogP) is 2.99. The number of hydrogen-bond acceptors (Lipinski definition) is 5. The minimum absolute atomic E-state index is 0.0346. The van der Waals surface area contributed by atoms with Crippen LogP contribution in [0.5, 0.6) is 5.75 Å². The SMILES string of the molecule is O=C([O-])CSCC(=O)Nc1cc(OCc2ccccc2)c(Cl)cc1Cl. The molecule has 0 fully saturated rings. The fourth-order valence-corrected chi connectivity index (χ4v) is 2.90. The summed E-state index contributed by atoms with van der Waals surface area (Å²) in [6, 6.07) is 12.6. The lowest BCUT2D eigenvalue weighted by Gasteiger charge is -2.13. The van der Waals surface area contributed by atoms with E-state index in [1.165, 1.54) is 12.1 Å². The molecule has 132 valence electrons. The number of nitrogens with one attached hydrogen (secondary N) is 1. The lowest BCUT2D eigenvalue weighted by Crippen LogP contribution is -2.25. The van der Waals surface area contributed by atoms with Crippen LogP contribution in [-0.2, 0) is 16.2 Å². The maximum absolute atomic E-state index is 11.8. The summed E-state index contributed by atoms with van der Waals surface area (Å²) in [6.45, 7) is 0.317. The largest absolute Gasteiger partial charge is 0.549 e. The van der Waals surface area contributed by atoms with E-state index in [0.717, 1.165) is 17.3 Å². The summed E-state index contributed by atoms with van der Waals surface area (Å²) in [5, 5.41) is 13.5. The molecule has 2 aromatic carbocycles. The number of carboxylic acids is 1. The predicted molar refractivity (Wildman–Crippen MR) is 98.2 cm³/mol. The van der Waals surface area contributed by atoms with Gasteiger partial charge in [-0.1, -0.05) is 53.5 Å². The zero-order valence-electron chi connectivity index (χ0n) is 13.0. The van der Waals surface area contributed by atoms with Gasteiger partial charge in [0, 0.05) is 11.8 Å². The van der Waals surface area contributed by atoms with E-state index < -0.39 is 5.97 Å². The molecule has 0 aliphatic heterocycles. The molecular formula is C17H14Cl2NO4S-. The third-order valence-electron chi connectivity index (χ3n) is 2.99. The van der Waals surface area contributed by atoms with Crippen molar-refractivity contribution in [2.24, 2.45) is 0 Å². The van der Waals surface area contributed by atoms with Gasteiger partial charge in [0.25, 0.3) is 0 Å². The number of aliphatic carboxylic acids is 1. The summed E-state index contributed by atoms with van der Waals surface area (Å²) in [5.74, 6) is -1.52. The Morgan fingerprint density at radius 3 is 2.48 bits per heavy atom. The zero-order valence-corrected chi connectivity index (χ0v) is 15.3. The molecule has 0 unspecified atom stereocenters. The van der Waals surface area contributed by atoms with Crippen molar-refractivity contribution in [1.82, 2.24) is 0 Å². The van der Waals surface area contributed by atoms with Gasteiger partial charge in [-0.25, -0.2) is 0 Å². The van der Waals surface area contributed by atoms with Crippen molar-refractivity contribution in [2.45, 2.75) is 6.61 Å². The van der Waals surface area contributed by atoms with Gasteiger partial charge in [0.15, 0.2) is 0 Å². The number of carbonyl (C=O) groups is 2. The van der Waals surface area contributed by atoms with Crippen molar-refractivity contribution in [3.8, 4) is 5.75 Å². The highest BCUT2D eigenvalue weighted by Crippen LogP contribution is 2.34. The lowest BCUT2D eigenvalue weighted by molar-refractivity contribution is -0.301. The normalized spacial score (nSPS) is 10.3. The minimum Gasteiger partial charge on any atom is -0.549 e. The third kappa shape index (κ3) is 6.49. The number of benzene rings is 2. The highest BCUT2D eigenvalue weighted by molar-refractivity contribution is 8.00. The van der Waals surface area contributed by atoms with Crippen LogP contribution in [0.25, 0.3) is 0 Å². The number of thioether (sulfide) groups is 1. The van der Waals surface area contributed by atoms with Crippen LogP contribution >= 0.6 is 35.0 Å². The molecule has 2 aromatic rings. The van der Waals surface area contributed by atoms with Crippen LogP contribution in [0.2, 0.25) is 10.0 Å². The van der Waals surface area contributed by atoms with Gasteiger partial charge < -0.3 is 20.0 Å². The number of carbonyl (C=O) groups excluding carboxylic acids is 2. The topological polar surface area (TPSA) is 78.5 Å². The fraction of sp³-hybridized carbons (Fsp3) is 0.176. The Morgan fingerprint density at radius 2 is 1.80 bits per heavy atom. The fourth-order valence-electron chi connectivity index (χ4n) is 1.88. The van der Waals surface area contributed by atoms with Crippen LogP contribution in [0, 0.1) is 0 Å². The standard InChI is InChI=1S/C17H15Cl2NO4S/c18-12-6-13(19)15(24-8-11-4-2-1-3-5-11)7-14(12)20-16(21)9-25-10-17(22)23/h1-7H,8-10H2,(H,20,21)(H,22,23)/p-1. The average molecular weight is 399 g/mol. The Bertz CT molecular complexity index is 756. The van der Waals surface area contributed by atoms with Crippen LogP contribution in [0.3, 0.4) is 0 Å². The van der Waals surface area contributed by atoms with E-state index in [1.54, 1.807) is 0 Å². The molecule has 0 spiro atoms. The van der Waals surface area contributed by atoms with Crippen LogP contribution in [-0.4, -0.2) is 23.4 Å². The smallest absolute Gasteiger partial charge is 0.234 e. The molecule has 25 heavy (non-hydrogen) atoms. The van der Waals surface area contributed by atoms with E-state index in [2.05, 4.69) is 5.32 Å². The number of rotatable bonds is 8. The molecular weight excluding hydrogens is 385 g/mol. The van der Waals surface area contributed by atoms with Crippen molar-refractivity contribution >= 4 is 52.5 Å². The summed E-state index contributed by atoms with van der Waals surface area (Å²) in [7, 11) is 0. The van der Waals surface area contributed by atoms with Crippen molar-refractivity contribution in [3.63, 3.8) is 0 Å². The van der Waals surface area contributed by atoms with Crippen LogP contribution < -0.4 is 15.2 Å². The molecule has 0 aliphatic carbocycles. The van der Waals surface area contributed by atoms with Gasteiger partial charge in [-0.2, -0.15) is 0 Å². The van der Waals surface area contributed by atoms with Crippen molar-refractivity contribution < 1.29 is 19.4 Å². The highest BCUT2D eigenvalue weighted by atomic mass is 35.5. The summed E-state index contributed by atoms with van der Waals surface area (Å²) < 4.78 is 5.68. The summed E-state index contributed by atoms with van der Waals surface area (Å²) >= 11 is 13.1. The Labute approximate surface area is 159 Å². The molecule has 0 atom stereocenters. The highest BCUT2D eigenvalue weighted by Gasteiger charge is 2.12. The van der Waals surface area contributed by atoms with E-state index in [9.17, 15) is 14.7 Å². The minimum atomic E-state index is -1.22. The Morgan fingerprint density at radius 1 is 1.08 bits per heavy atom. The molecule has 0 aliphatic rings. The molecule has 8 heteroatoms. The van der Waals surface area contributed by atoms with Crippen LogP contribution in [0.1, 0.15) is 5.56 Å². The molecule has 0 radical (unpaired) electrons. The Kier molecular flexibility index (Phi) is 7.43. The van der Waals surface area contributed by atoms with E-state index in [-0.39, 0.29) is 22.4 Å². The van der Waals surface area contributed by atoms with Crippen molar-refractivity contribution in [3.05, 3.63) is 58.1 Å². The summed E-state index contributed by atoms with van der Waals surface area (Å²) in [6.07, 6.45) is 0. The maximum atomic E-state index is 11.8. The van der Waals surface area contributed by atoms with E-state index in [4.69, 9.17) is 27.9 Å². The first kappa shape index (κ1) is 19.4. The molecule has 1 amide bonds. The second kappa shape index (κ2) is 9.56. The lowest BCUT2D eigenvalue weighted by atomic mass is 10.2. The third-order valence-corrected chi connectivity index (χ3v) is 4.50. The van der Waals surface area contributed by atoms with Gasteiger partial charge in [0.2, 0.25) is 5.91 Å². The molecule has 0 saturated carbocycles. The molecule has 5 nitrogen and oxygen atoms in total. The van der Waals surface area contributed by atoms with E-state index >= 15 is 0 Å². The second-order valence-electron chi connectivity index (χ2n) is 4.95. The molecule has 0 bridgehead atoms. The zero-order chi connectivity index (χ0) is 18.2. The van der Waals surface area contributed by atoms with Gasteiger partial charge >= 0.3 is 0 Å². The molecule has 0 saturated heterocycles. The number of anilines is 1. The monoisotopic (exact) mass is 398 g/mol. The van der Waals surface area contributed by atoms with E-state index in [1.807, 2.05) is 30.3 Å². The Balaban J connectivity index is 2.01. The van der Waals surface area contributed by atoms with Gasteiger partial charge in [0.05, 0.1) is 27.5 Å². The molecule has 0 aromatic heterocycles. The second-order valence-corrected chi connectivity index (χ2v) is 6.75. The number of carboxylic acid groups (broad SMARTS) is 1. The first-order valence-electron chi connectivity index (χ1n) is 7.19. The maximum Gasteiger partial charge on any atom is 0.234 e. The van der Waals surface area contributed by atoms with Gasteiger partial charge in [-0.05, 0) is 11.6 Å². The number of hydrogen-bond donors (Lipinski definition) is 1. The number of halogens is 2. The number of amides is 1. The molecule has 2 rings (SSSR count). The average Bonchev–Trinajstić information content (AvgIpc) is 2.57. The molecule has 0 heterocycles. The van der Waals surface area contributed by atoms with Crippen molar-refractivity contribution in [1.29, 1.82) is 0 Å². The van der Waals surface area contributed by atoms with Gasteiger partial charge in [-0.15, -0.1) is 11.8 Å². The van der Waals surface area contributed by atoms with Crippen LogP contribution in [0.4, 0.5) is 5.69 Å². The first-order valence-corrected chi connectivity index (χ1v) is 9.10. The van der Waals surface area contributed by atoms with Gasteiger partial charge in [0.1, 0.15) is 12.4 Å². The quantitative estimate of drug-likeness (QED) is 0.739. The van der Waals surface area contributed by atoms with Crippen molar-refractivity contribution in [2.75, 3.05) is 16.8 Å².